The Morgan fingerprint density at radius 1 is 1.50 bits per heavy atom. The summed E-state index contributed by atoms with van der Waals surface area (Å²) in [5, 5.41) is 3.52. The Morgan fingerprint density at radius 2 is 2.25 bits per heavy atom. The van der Waals surface area contributed by atoms with E-state index in [4.69, 9.17) is 0 Å². The lowest BCUT2D eigenvalue weighted by molar-refractivity contribution is 0.773. The molecule has 0 unspecified atom stereocenters. The lowest BCUT2D eigenvalue weighted by Crippen LogP contribution is -2.02. The third-order valence-corrected chi connectivity index (χ3v) is 2.88. The summed E-state index contributed by atoms with van der Waals surface area (Å²) in [5.74, 6) is 0. The SMILES string of the molecule is CCCCNP1CC1. The Hall–Kier alpha value is 0.390. The van der Waals surface area contributed by atoms with Crippen molar-refractivity contribution in [3.05, 3.63) is 0 Å². The zero-order valence-corrected chi connectivity index (χ0v) is 6.38. The van der Waals surface area contributed by atoms with E-state index in [1.165, 1.54) is 31.7 Å². The molecular formula is C6H14NP. The summed E-state index contributed by atoms with van der Waals surface area (Å²) < 4.78 is 0. The van der Waals surface area contributed by atoms with Crippen molar-refractivity contribution in [1.29, 1.82) is 0 Å². The predicted octanol–water partition coefficient (Wildman–Crippen LogP) is 1.79. The second-order valence-electron chi connectivity index (χ2n) is 2.25. The fraction of sp³-hybridized carbons (Fsp3) is 1.00. The van der Waals surface area contributed by atoms with Gasteiger partial charge in [-0.25, -0.2) is 0 Å². The molecule has 0 aromatic carbocycles. The van der Waals surface area contributed by atoms with Gasteiger partial charge in [0.15, 0.2) is 0 Å². The van der Waals surface area contributed by atoms with Gasteiger partial charge in [0.1, 0.15) is 0 Å². The molecule has 8 heavy (non-hydrogen) atoms. The summed E-state index contributed by atoms with van der Waals surface area (Å²) in [4.78, 5) is 0. The van der Waals surface area contributed by atoms with Gasteiger partial charge in [-0.2, -0.15) is 0 Å². The van der Waals surface area contributed by atoms with Crippen molar-refractivity contribution < 1.29 is 0 Å². The van der Waals surface area contributed by atoms with Crippen LogP contribution in [-0.2, 0) is 0 Å². The largest absolute Gasteiger partial charge is 0.296 e. The van der Waals surface area contributed by atoms with Crippen molar-refractivity contribution in [3.63, 3.8) is 0 Å². The molecule has 0 aromatic rings. The maximum Gasteiger partial charge on any atom is -0.00101 e. The Morgan fingerprint density at radius 3 is 2.75 bits per heavy atom. The van der Waals surface area contributed by atoms with Crippen LogP contribution in [0, 0.1) is 0 Å². The van der Waals surface area contributed by atoms with Crippen molar-refractivity contribution >= 4 is 8.07 Å². The average molecular weight is 131 g/mol. The monoisotopic (exact) mass is 131 g/mol. The summed E-state index contributed by atoms with van der Waals surface area (Å²) in [5.41, 5.74) is 0. The number of nitrogens with one attached hydrogen (secondary N) is 1. The van der Waals surface area contributed by atoms with Gasteiger partial charge in [0.05, 0.1) is 0 Å². The van der Waals surface area contributed by atoms with E-state index in [1.807, 2.05) is 0 Å². The molecule has 1 aliphatic heterocycles. The minimum absolute atomic E-state index is 0.388. The minimum atomic E-state index is 0.388. The first-order valence-corrected chi connectivity index (χ1v) is 5.13. The fourth-order valence-corrected chi connectivity index (χ4v) is 1.81. The van der Waals surface area contributed by atoms with Crippen molar-refractivity contribution in [2.75, 3.05) is 18.9 Å². The maximum absolute atomic E-state index is 3.52. The smallest absolute Gasteiger partial charge is 0.00101 e. The number of unbranched alkanes of at least 4 members (excludes halogenated alkanes) is 1. The van der Waals surface area contributed by atoms with Crippen molar-refractivity contribution in [2.45, 2.75) is 19.8 Å². The summed E-state index contributed by atoms with van der Waals surface area (Å²) in [6.07, 6.45) is 5.66. The van der Waals surface area contributed by atoms with Gasteiger partial charge in [-0.3, -0.25) is 5.09 Å². The first-order chi connectivity index (χ1) is 3.93. The van der Waals surface area contributed by atoms with Crippen molar-refractivity contribution in [1.82, 2.24) is 5.09 Å². The maximum atomic E-state index is 3.52. The van der Waals surface area contributed by atoms with E-state index < -0.39 is 0 Å². The van der Waals surface area contributed by atoms with Gasteiger partial charge in [0, 0.05) is 0 Å². The van der Waals surface area contributed by atoms with Crippen molar-refractivity contribution in [3.8, 4) is 0 Å². The van der Waals surface area contributed by atoms with E-state index in [1.54, 1.807) is 0 Å². The third kappa shape index (κ3) is 2.64. The van der Waals surface area contributed by atoms with Crippen LogP contribution in [0.3, 0.4) is 0 Å². The fourth-order valence-electron chi connectivity index (χ4n) is 0.622. The molecule has 0 atom stereocenters. The van der Waals surface area contributed by atoms with E-state index in [9.17, 15) is 0 Å². The Labute approximate surface area is 52.7 Å². The molecule has 0 radical (unpaired) electrons. The first kappa shape index (κ1) is 6.51. The molecule has 2 heteroatoms. The van der Waals surface area contributed by atoms with E-state index in [0.29, 0.717) is 8.07 Å². The molecule has 0 aliphatic carbocycles. The molecule has 1 heterocycles. The second-order valence-corrected chi connectivity index (χ2v) is 4.54. The number of hydrogen-bond donors (Lipinski definition) is 1. The van der Waals surface area contributed by atoms with Gasteiger partial charge < -0.3 is 0 Å². The van der Waals surface area contributed by atoms with Crippen LogP contribution < -0.4 is 5.09 Å². The molecule has 48 valence electrons. The van der Waals surface area contributed by atoms with Gasteiger partial charge in [0.2, 0.25) is 0 Å². The van der Waals surface area contributed by atoms with Gasteiger partial charge in [-0.15, -0.1) is 0 Å². The van der Waals surface area contributed by atoms with Gasteiger partial charge in [-0.05, 0) is 33.4 Å². The molecule has 0 spiro atoms. The van der Waals surface area contributed by atoms with Crippen LogP contribution in [0.1, 0.15) is 19.8 Å². The number of hydrogen-bond acceptors (Lipinski definition) is 1. The molecule has 1 saturated heterocycles. The molecule has 1 rings (SSSR count). The highest BCUT2D eigenvalue weighted by molar-refractivity contribution is 7.63. The zero-order chi connectivity index (χ0) is 5.82. The van der Waals surface area contributed by atoms with Crippen LogP contribution >= 0.6 is 8.07 Å². The molecule has 0 bridgehead atoms. The Kier molecular flexibility index (Phi) is 2.78. The topological polar surface area (TPSA) is 12.0 Å². The highest BCUT2D eigenvalue weighted by Gasteiger charge is 2.18. The normalized spacial score (nSPS) is 19.1. The summed E-state index contributed by atoms with van der Waals surface area (Å²) >= 11 is 0. The van der Waals surface area contributed by atoms with Crippen LogP contribution in [0.25, 0.3) is 0 Å². The zero-order valence-electron chi connectivity index (χ0n) is 5.48. The molecule has 1 nitrogen and oxygen atoms in total. The van der Waals surface area contributed by atoms with Crippen LogP contribution in [0.4, 0.5) is 0 Å². The first-order valence-electron chi connectivity index (χ1n) is 3.42. The van der Waals surface area contributed by atoms with Crippen LogP contribution in [0.5, 0.6) is 0 Å². The Balaban J connectivity index is 1.74. The third-order valence-electron chi connectivity index (χ3n) is 1.31. The predicted molar refractivity (Wildman–Crippen MR) is 39.6 cm³/mol. The van der Waals surface area contributed by atoms with Crippen LogP contribution in [0.15, 0.2) is 0 Å². The summed E-state index contributed by atoms with van der Waals surface area (Å²) in [6.45, 7) is 3.50. The molecule has 0 amide bonds. The van der Waals surface area contributed by atoms with Crippen LogP contribution in [0.2, 0.25) is 0 Å². The van der Waals surface area contributed by atoms with E-state index in [-0.39, 0.29) is 0 Å². The summed E-state index contributed by atoms with van der Waals surface area (Å²) in [7, 11) is 0.388. The van der Waals surface area contributed by atoms with Gasteiger partial charge >= 0.3 is 0 Å². The molecular weight excluding hydrogens is 117 g/mol. The number of rotatable bonds is 4. The highest BCUT2D eigenvalue weighted by Crippen LogP contribution is 2.45. The average Bonchev–Trinajstić information content (AvgIpc) is 2.51. The van der Waals surface area contributed by atoms with E-state index in [2.05, 4.69) is 12.0 Å². The van der Waals surface area contributed by atoms with E-state index in [0.717, 1.165) is 0 Å². The molecule has 0 aromatic heterocycles. The molecule has 1 fully saturated rings. The van der Waals surface area contributed by atoms with Crippen LogP contribution in [-0.4, -0.2) is 18.9 Å². The lowest BCUT2D eigenvalue weighted by Gasteiger charge is -1.97. The summed E-state index contributed by atoms with van der Waals surface area (Å²) in [6, 6.07) is 0. The molecule has 1 N–H and O–H groups in total. The van der Waals surface area contributed by atoms with E-state index >= 15 is 0 Å². The Bertz CT molecular complexity index is 61.5. The minimum Gasteiger partial charge on any atom is -0.296 e. The van der Waals surface area contributed by atoms with Gasteiger partial charge in [0.25, 0.3) is 0 Å². The lowest BCUT2D eigenvalue weighted by atomic mass is 10.3. The highest BCUT2D eigenvalue weighted by atomic mass is 31.1. The molecule has 0 saturated carbocycles. The molecule has 1 aliphatic rings. The second kappa shape index (κ2) is 3.42. The van der Waals surface area contributed by atoms with Crippen molar-refractivity contribution in [2.24, 2.45) is 0 Å². The quantitative estimate of drug-likeness (QED) is 0.453. The van der Waals surface area contributed by atoms with Gasteiger partial charge in [-0.1, -0.05) is 13.3 Å². The standard InChI is InChI=1S/C6H14NP/c1-2-3-4-7-8-5-6-8/h7H,2-6H2,1H3.